The molecular weight excluding hydrogens is 287 g/mol. The zero-order valence-electron chi connectivity index (χ0n) is 11.2. The van der Waals surface area contributed by atoms with E-state index in [1.807, 2.05) is 0 Å². The Hall–Kier alpha value is -2.05. The number of benzene rings is 1. The van der Waals surface area contributed by atoms with Gasteiger partial charge in [-0.3, -0.25) is 9.59 Å². The van der Waals surface area contributed by atoms with Crippen molar-refractivity contribution in [2.24, 2.45) is 0 Å². The van der Waals surface area contributed by atoms with E-state index in [1.165, 1.54) is 12.1 Å². The summed E-state index contributed by atoms with van der Waals surface area (Å²) in [4.78, 5) is 21.8. The average molecular weight is 303 g/mol. The first kappa shape index (κ1) is 17.0. The van der Waals surface area contributed by atoms with E-state index in [-0.39, 0.29) is 24.3 Å². The lowest BCUT2D eigenvalue weighted by atomic mass is 10.1. The van der Waals surface area contributed by atoms with Crippen LogP contribution in [0, 0.1) is 0 Å². The standard InChI is InChI=1S/C14H16F3NO3/c15-14(16,17)11-5-3-4-10(8-11)9-12(19)18-7-2-1-6-13(20)21/h3-5,8H,1-2,6-7,9H2,(H,18,19)(H,20,21). The van der Waals surface area contributed by atoms with Gasteiger partial charge in [0.25, 0.3) is 0 Å². The molecule has 0 aromatic heterocycles. The van der Waals surface area contributed by atoms with Crippen LogP contribution >= 0.6 is 0 Å². The van der Waals surface area contributed by atoms with Crippen molar-refractivity contribution in [1.29, 1.82) is 0 Å². The van der Waals surface area contributed by atoms with Crippen LogP contribution in [0.2, 0.25) is 0 Å². The highest BCUT2D eigenvalue weighted by atomic mass is 19.4. The molecule has 0 atom stereocenters. The second kappa shape index (κ2) is 7.66. The van der Waals surface area contributed by atoms with Gasteiger partial charge in [0, 0.05) is 13.0 Å². The Balaban J connectivity index is 2.39. The van der Waals surface area contributed by atoms with Gasteiger partial charge >= 0.3 is 12.1 Å². The van der Waals surface area contributed by atoms with Gasteiger partial charge in [0.2, 0.25) is 5.91 Å². The summed E-state index contributed by atoms with van der Waals surface area (Å²) >= 11 is 0. The topological polar surface area (TPSA) is 66.4 Å². The van der Waals surface area contributed by atoms with Crippen LogP contribution < -0.4 is 5.32 Å². The number of hydrogen-bond donors (Lipinski definition) is 2. The smallest absolute Gasteiger partial charge is 0.416 e. The number of carbonyl (C=O) groups excluding carboxylic acids is 1. The second-order valence-electron chi connectivity index (χ2n) is 4.58. The minimum atomic E-state index is -4.43. The van der Waals surface area contributed by atoms with E-state index in [0.717, 1.165) is 12.1 Å². The van der Waals surface area contributed by atoms with Gasteiger partial charge in [-0.1, -0.05) is 18.2 Å². The molecule has 0 spiro atoms. The summed E-state index contributed by atoms with van der Waals surface area (Å²) < 4.78 is 37.5. The molecule has 7 heteroatoms. The number of nitrogens with one attached hydrogen (secondary N) is 1. The van der Waals surface area contributed by atoms with Gasteiger partial charge in [-0.15, -0.1) is 0 Å². The van der Waals surface area contributed by atoms with Crippen LogP contribution in [0.1, 0.15) is 30.4 Å². The molecule has 2 N–H and O–H groups in total. The number of hydrogen-bond acceptors (Lipinski definition) is 2. The minimum absolute atomic E-state index is 0.0312. The van der Waals surface area contributed by atoms with E-state index < -0.39 is 17.7 Å². The maximum atomic E-state index is 12.5. The Kier molecular flexibility index (Phi) is 6.20. The second-order valence-corrected chi connectivity index (χ2v) is 4.58. The van der Waals surface area contributed by atoms with Gasteiger partial charge < -0.3 is 10.4 Å². The van der Waals surface area contributed by atoms with Crippen LogP contribution in [0.15, 0.2) is 24.3 Å². The molecule has 1 rings (SSSR count). The molecule has 1 aromatic rings. The van der Waals surface area contributed by atoms with Gasteiger partial charge in [-0.2, -0.15) is 13.2 Å². The van der Waals surface area contributed by atoms with Gasteiger partial charge in [0.05, 0.1) is 12.0 Å². The average Bonchev–Trinajstić information content (AvgIpc) is 2.37. The molecular formula is C14H16F3NO3. The zero-order valence-corrected chi connectivity index (χ0v) is 11.2. The molecule has 116 valence electrons. The summed E-state index contributed by atoms with van der Waals surface area (Å²) in [6.45, 7) is 0.311. The van der Waals surface area contributed by atoms with Crippen LogP contribution in [0.3, 0.4) is 0 Å². The first-order valence-corrected chi connectivity index (χ1v) is 6.43. The highest BCUT2D eigenvalue weighted by Gasteiger charge is 2.30. The summed E-state index contributed by atoms with van der Waals surface area (Å²) in [7, 11) is 0. The Bertz CT molecular complexity index is 500. The van der Waals surface area contributed by atoms with Crippen LogP contribution in [0.5, 0.6) is 0 Å². The maximum Gasteiger partial charge on any atom is 0.416 e. The van der Waals surface area contributed by atoms with Gasteiger partial charge in [-0.25, -0.2) is 0 Å². The first-order chi connectivity index (χ1) is 9.79. The fraction of sp³-hybridized carbons (Fsp3) is 0.429. The molecule has 4 nitrogen and oxygen atoms in total. The van der Waals surface area contributed by atoms with Gasteiger partial charge in [0.1, 0.15) is 0 Å². The van der Waals surface area contributed by atoms with Crippen LogP contribution in [-0.2, 0) is 22.2 Å². The molecule has 0 aliphatic heterocycles. The van der Waals surface area contributed by atoms with E-state index in [2.05, 4.69) is 5.32 Å². The lowest BCUT2D eigenvalue weighted by Gasteiger charge is -2.09. The van der Waals surface area contributed by atoms with Gasteiger partial charge in [-0.05, 0) is 24.5 Å². The van der Waals surface area contributed by atoms with E-state index >= 15 is 0 Å². The number of aliphatic carboxylic acids is 1. The minimum Gasteiger partial charge on any atom is -0.481 e. The number of halogens is 3. The SMILES string of the molecule is O=C(O)CCCCNC(=O)Cc1cccc(C(F)(F)F)c1. The summed E-state index contributed by atoms with van der Waals surface area (Å²) in [5.74, 6) is -1.28. The van der Waals surface area contributed by atoms with Crippen LogP contribution in [-0.4, -0.2) is 23.5 Å². The summed E-state index contributed by atoms with van der Waals surface area (Å²) in [5.41, 5.74) is -0.498. The lowest BCUT2D eigenvalue weighted by molar-refractivity contribution is -0.138. The Morgan fingerprint density at radius 1 is 1.19 bits per heavy atom. The molecule has 0 aliphatic carbocycles. The molecule has 21 heavy (non-hydrogen) atoms. The summed E-state index contributed by atoms with van der Waals surface area (Å²) in [5, 5.41) is 11.0. The molecule has 0 saturated heterocycles. The van der Waals surface area contributed by atoms with Crippen molar-refractivity contribution in [1.82, 2.24) is 5.32 Å². The monoisotopic (exact) mass is 303 g/mol. The molecule has 0 radical (unpaired) electrons. The quantitative estimate of drug-likeness (QED) is 0.761. The van der Waals surface area contributed by atoms with Crippen molar-refractivity contribution in [3.8, 4) is 0 Å². The zero-order chi connectivity index (χ0) is 15.9. The highest BCUT2D eigenvalue weighted by molar-refractivity contribution is 5.78. The van der Waals surface area contributed by atoms with E-state index in [0.29, 0.717) is 19.4 Å². The van der Waals surface area contributed by atoms with Crippen molar-refractivity contribution >= 4 is 11.9 Å². The number of unbranched alkanes of at least 4 members (excludes halogenated alkanes) is 1. The Labute approximate surface area is 120 Å². The Morgan fingerprint density at radius 2 is 1.90 bits per heavy atom. The lowest BCUT2D eigenvalue weighted by Crippen LogP contribution is -2.26. The molecule has 1 amide bonds. The maximum absolute atomic E-state index is 12.5. The largest absolute Gasteiger partial charge is 0.481 e. The fourth-order valence-corrected chi connectivity index (χ4v) is 1.73. The van der Waals surface area contributed by atoms with Gasteiger partial charge in [0.15, 0.2) is 0 Å². The number of carboxylic acid groups (broad SMARTS) is 1. The third kappa shape index (κ3) is 6.78. The van der Waals surface area contributed by atoms with E-state index in [1.54, 1.807) is 0 Å². The molecule has 0 bridgehead atoms. The van der Waals surface area contributed by atoms with Crippen molar-refractivity contribution in [2.45, 2.75) is 31.9 Å². The number of amides is 1. The van der Waals surface area contributed by atoms with Crippen LogP contribution in [0.4, 0.5) is 13.2 Å². The number of alkyl halides is 3. The van der Waals surface area contributed by atoms with Crippen molar-refractivity contribution < 1.29 is 27.9 Å². The van der Waals surface area contributed by atoms with Crippen molar-refractivity contribution in [2.75, 3.05) is 6.54 Å². The number of carboxylic acids is 1. The Morgan fingerprint density at radius 3 is 2.52 bits per heavy atom. The number of rotatable bonds is 7. The summed E-state index contributed by atoms with van der Waals surface area (Å²) in [6, 6.07) is 4.62. The third-order valence-electron chi connectivity index (χ3n) is 2.76. The summed E-state index contributed by atoms with van der Waals surface area (Å²) in [6.07, 6.45) is -3.57. The molecule has 0 heterocycles. The first-order valence-electron chi connectivity index (χ1n) is 6.43. The van der Waals surface area contributed by atoms with E-state index in [4.69, 9.17) is 5.11 Å². The van der Waals surface area contributed by atoms with Crippen LogP contribution in [0.25, 0.3) is 0 Å². The molecule has 0 saturated carbocycles. The third-order valence-corrected chi connectivity index (χ3v) is 2.76. The fourth-order valence-electron chi connectivity index (χ4n) is 1.73. The highest BCUT2D eigenvalue weighted by Crippen LogP contribution is 2.29. The molecule has 0 aliphatic rings. The predicted octanol–water partition coefficient (Wildman–Crippen LogP) is 2.62. The van der Waals surface area contributed by atoms with Crippen molar-refractivity contribution in [3.63, 3.8) is 0 Å². The predicted molar refractivity (Wildman–Crippen MR) is 69.6 cm³/mol. The van der Waals surface area contributed by atoms with E-state index in [9.17, 15) is 22.8 Å². The van der Waals surface area contributed by atoms with Crippen molar-refractivity contribution in [3.05, 3.63) is 35.4 Å². The molecule has 1 aromatic carbocycles. The molecule has 0 fully saturated rings. The number of carbonyl (C=O) groups is 2. The molecule has 0 unspecified atom stereocenters. The normalized spacial score (nSPS) is 11.2.